The van der Waals surface area contributed by atoms with E-state index in [4.69, 9.17) is 61.1 Å². The minimum atomic E-state index is -1.60. The van der Waals surface area contributed by atoms with Crippen LogP contribution in [0.15, 0.2) is 12.3 Å². The zero-order chi connectivity index (χ0) is 23.0. The van der Waals surface area contributed by atoms with Crippen molar-refractivity contribution < 1.29 is 42.7 Å². The van der Waals surface area contributed by atoms with Gasteiger partial charge in [-0.3, -0.25) is 4.79 Å². The van der Waals surface area contributed by atoms with E-state index in [1.54, 1.807) is 21.0 Å². The van der Waals surface area contributed by atoms with Gasteiger partial charge in [-0.2, -0.15) is 0 Å². The number of carbonyl (C=O) groups is 1. The summed E-state index contributed by atoms with van der Waals surface area (Å²) in [5.41, 5.74) is -1.08. The number of hydrogen-bond donors (Lipinski definition) is 0. The second kappa shape index (κ2) is 9.19. The monoisotopic (exact) mass is 514 g/mol. The third kappa shape index (κ3) is 4.45. The summed E-state index contributed by atoms with van der Waals surface area (Å²) in [6, 6.07) is 0. The maximum Gasteiger partial charge on any atom is 0.228 e. The highest BCUT2D eigenvalue weighted by Crippen LogP contribution is 2.60. The highest BCUT2D eigenvalue weighted by Gasteiger charge is 2.78. The molecule has 1 saturated carbocycles. The second-order valence-corrected chi connectivity index (χ2v) is 10.3. The van der Waals surface area contributed by atoms with Gasteiger partial charge in [0.2, 0.25) is 10.6 Å². The molecule has 0 N–H and O–H groups in total. The Morgan fingerprint density at radius 3 is 1.94 bits per heavy atom. The normalized spacial score (nSPS) is 42.8. The number of rotatable bonds is 2. The molecule has 5 rings (SSSR count). The van der Waals surface area contributed by atoms with Gasteiger partial charge in [0.25, 0.3) is 0 Å². The summed E-state index contributed by atoms with van der Waals surface area (Å²) < 4.78 is 42.5. The molecule has 33 heavy (non-hydrogen) atoms. The van der Waals surface area contributed by atoms with Crippen molar-refractivity contribution in [2.45, 2.75) is 107 Å². The van der Waals surface area contributed by atoms with E-state index in [-0.39, 0.29) is 45.6 Å². The van der Waals surface area contributed by atoms with Gasteiger partial charge in [0, 0.05) is 20.6 Å². The number of methoxy groups -OCH3 is 2. The molecule has 0 radical (unpaired) electrons. The zero-order valence-electron chi connectivity index (χ0n) is 18.3. The average Bonchev–Trinajstić information content (AvgIpc) is 3.34. The number of hydrogen-bond acceptors (Lipinski definition) is 9. The van der Waals surface area contributed by atoms with Crippen molar-refractivity contribution in [1.29, 1.82) is 0 Å². The lowest BCUT2D eigenvalue weighted by Crippen LogP contribution is -2.69. The third-order valence-corrected chi connectivity index (χ3v) is 7.00. The maximum absolute atomic E-state index is 11.6. The third-order valence-electron chi connectivity index (χ3n) is 5.94. The summed E-state index contributed by atoms with van der Waals surface area (Å²) in [6.45, 7) is 11.1. The molecule has 4 saturated heterocycles. The minimum Gasteiger partial charge on any atom is -0.464 e. The van der Waals surface area contributed by atoms with Gasteiger partial charge in [0.1, 0.15) is 29.7 Å². The fourth-order valence-electron chi connectivity index (χ4n) is 4.56. The Morgan fingerprint density at radius 2 is 1.42 bits per heavy atom. The van der Waals surface area contributed by atoms with Crippen LogP contribution in [-0.4, -0.2) is 78.5 Å². The predicted molar refractivity (Wildman–Crippen MR) is 121 cm³/mol. The Hall–Kier alpha value is -0.490. The molecule has 0 amide bonds. The van der Waals surface area contributed by atoms with E-state index in [0.29, 0.717) is 5.76 Å². The smallest absolute Gasteiger partial charge is 0.228 e. The lowest BCUT2D eigenvalue weighted by Gasteiger charge is -2.49. The Kier molecular flexibility index (Phi) is 8.00. The van der Waals surface area contributed by atoms with Crippen molar-refractivity contribution in [3.8, 4) is 0 Å². The van der Waals surface area contributed by atoms with Crippen LogP contribution in [0.4, 0.5) is 0 Å². The van der Waals surface area contributed by atoms with Crippen molar-refractivity contribution in [3.63, 3.8) is 0 Å². The number of ether oxygens (including phenoxy) is 8. The lowest BCUT2D eigenvalue weighted by molar-refractivity contribution is -0.261. The summed E-state index contributed by atoms with van der Waals surface area (Å²) in [7, 11) is 3.08. The number of Topliss-reactive ketones (excluding diaryl/α,β-unsaturated/α-hetero) is 1. The standard InChI is InChI=1S/C11H14Cl2O5.C9H14O4.2CH4/c1-9(2)16-6-7(17-9)10(18-8(6)15-3)4-5(14)11(10,12)13;1-5-6-7(8(10-4)11-5)13-9(2,3)12-6;;/h6-8H,4H2,1-3H3;6-8H,1H2,2-4H3;2*1H4/t6-,7+,8-,10+;6-,7-,8-;;/m11../s1. The molecule has 9 nitrogen and oxygen atoms in total. The van der Waals surface area contributed by atoms with Crippen LogP contribution < -0.4 is 0 Å². The van der Waals surface area contributed by atoms with E-state index < -0.39 is 40.0 Å². The van der Waals surface area contributed by atoms with E-state index in [0.717, 1.165) is 0 Å². The minimum absolute atomic E-state index is 0. The molecule has 4 aliphatic heterocycles. The summed E-state index contributed by atoms with van der Waals surface area (Å²) >= 11 is 12.2. The van der Waals surface area contributed by atoms with E-state index in [2.05, 4.69) is 6.58 Å². The van der Waals surface area contributed by atoms with E-state index in [9.17, 15) is 4.79 Å². The Bertz CT molecular complexity index is 771. The van der Waals surface area contributed by atoms with Crippen LogP contribution in [0.5, 0.6) is 0 Å². The molecule has 7 atom stereocenters. The van der Waals surface area contributed by atoms with Crippen LogP contribution in [0, 0.1) is 0 Å². The molecule has 5 fully saturated rings. The molecule has 0 bridgehead atoms. The topological polar surface area (TPSA) is 90.9 Å². The SMILES string of the molecule is C.C.C=C1O[C@@H](OC)[C@@H]2OC(C)(C)O[C@H]12.CO[C@@H]1O[C@@]2(CC(=O)C2(Cl)Cl)[C@H]2OC(C)(C)O[C@@H]12. The van der Waals surface area contributed by atoms with E-state index in [1.807, 2.05) is 13.8 Å². The Labute approximate surface area is 205 Å². The molecular weight excluding hydrogens is 479 g/mol. The predicted octanol–water partition coefficient (Wildman–Crippen LogP) is 3.69. The highest BCUT2D eigenvalue weighted by atomic mass is 35.5. The quantitative estimate of drug-likeness (QED) is 0.511. The summed E-state index contributed by atoms with van der Waals surface area (Å²) in [6.07, 6.45) is -2.24. The van der Waals surface area contributed by atoms with Crippen molar-refractivity contribution in [2.75, 3.05) is 14.2 Å². The van der Waals surface area contributed by atoms with Crippen molar-refractivity contribution >= 4 is 29.0 Å². The van der Waals surface area contributed by atoms with Gasteiger partial charge in [-0.25, -0.2) is 0 Å². The molecule has 0 aromatic carbocycles. The molecule has 4 heterocycles. The molecular formula is C22H36Cl2O9. The first-order valence-electron chi connectivity index (χ1n) is 9.98. The van der Waals surface area contributed by atoms with Crippen LogP contribution in [0.25, 0.3) is 0 Å². The van der Waals surface area contributed by atoms with Crippen molar-refractivity contribution in [3.05, 3.63) is 12.3 Å². The number of carbonyl (C=O) groups excluding carboxylic acids is 1. The highest BCUT2D eigenvalue weighted by molar-refractivity contribution is 6.61. The van der Waals surface area contributed by atoms with Crippen LogP contribution in [0.1, 0.15) is 49.0 Å². The molecule has 1 spiro atoms. The largest absolute Gasteiger partial charge is 0.464 e. The first-order valence-corrected chi connectivity index (χ1v) is 10.7. The molecule has 0 aromatic heterocycles. The number of fused-ring (bicyclic) bond motifs is 3. The fourth-order valence-corrected chi connectivity index (χ4v) is 5.13. The Balaban J connectivity index is 0.000000230. The molecule has 0 unspecified atom stereocenters. The first kappa shape index (κ1) is 28.7. The van der Waals surface area contributed by atoms with Crippen molar-refractivity contribution in [2.24, 2.45) is 0 Å². The summed E-state index contributed by atoms with van der Waals surface area (Å²) in [5.74, 6) is -1.03. The first-order chi connectivity index (χ1) is 14.3. The molecule has 11 heteroatoms. The zero-order valence-corrected chi connectivity index (χ0v) is 19.8. The molecule has 192 valence electrons. The average molecular weight is 515 g/mol. The van der Waals surface area contributed by atoms with Crippen LogP contribution in [-0.2, 0) is 42.7 Å². The second-order valence-electron chi connectivity index (χ2n) is 9.02. The van der Waals surface area contributed by atoms with Gasteiger partial charge in [-0.05, 0) is 27.7 Å². The number of ketones is 1. The van der Waals surface area contributed by atoms with Crippen LogP contribution >= 0.6 is 23.2 Å². The van der Waals surface area contributed by atoms with Gasteiger partial charge in [-0.1, -0.05) is 44.6 Å². The summed E-state index contributed by atoms with van der Waals surface area (Å²) in [4.78, 5) is 11.6. The van der Waals surface area contributed by atoms with Crippen molar-refractivity contribution in [1.82, 2.24) is 0 Å². The van der Waals surface area contributed by atoms with Gasteiger partial charge in [0.15, 0.2) is 29.8 Å². The fraction of sp³-hybridized carbons (Fsp3) is 0.864. The number of halogens is 2. The molecule has 5 aliphatic rings. The maximum atomic E-state index is 11.6. The molecule has 0 aromatic rings. The van der Waals surface area contributed by atoms with Gasteiger partial charge >= 0.3 is 0 Å². The van der Waals surface area contributed by atoms with Gasteiger partial charge in [0.05, 0.1) is 0 Å². The van der Waals surface area contributed by atoms with E-state index >= 15 is 0 Å². The molecule has 1 aliphatic carbocycles. The van der Waals surface area contributed by atoms with Gasteiger partial charge in [-0.15, -0.1) is 0 Å². The van der Waals surface area contributed by atoms with Gasteiger partial charge < -0.3 is 37.9 Å². The Morgan fingerprint density at radius 1 is 0.879 bits per heavy atom. The van der Waals surface area contributed by atoms with E-state index in [1.165, 1.54) is 7.11 Å². The van der Waals surface area contributed by atoms with Crippen LogP contribution in [0.2, 0.25) is 0 Å². The summed E-state index contributed by atoms with van der Waals surface area (Å²) in [5, 5.41) is 0. The van der Waals surface area contributed by atoms with Crippen LogP contribution in [0.3, 0.4) is 0 Å². The lowest BCUT2D eigenvalue weighted by atomic mass is 9.73. The number of alkyl halides is 2.